The number of rotatable bonds is 7. The van der Waals surface area contributed by atoms with Crippen molar-refractivity contribution in [2.45, 2.75) is 32.1 Å². The standard InChI is InChI=1S/C13H24N2O4/c16-11-10-14-6-3-7-15(9-8-14)12(17)4-1-2-5-13(18)19/h16H,1-11H2,(H,18,19). The molecular weight excluding hydrogens is 248 g/mol. The van der Waals surface area contributed by atoms with Crippen LogP contribution < -0.4 is 0 Å². The van der Waals surface area contributed by atoms with Crippen LogP contribution in [0.3, 0.4) is 0 Å². The highest BCUT2D eigenvalue weighted by Crippen LogP contribution is 2.08. The lowest BCUT2D eigenvalue weighted by Crippen LogP contribution is -2.35. The first kappa shape index (κ1) is 15.9. The first-order valence-corrected chi connectivity index (χ1v) is 6.96. The molecule has 0 atom stereocenters. The summed E-state index contributed by atoms with van der Waals surface area (Å²) in [7, 11) is 0. The zero-order valence-corrected chi connectivity index (χ0v) is 11.4. The summed E-state index contributed by atoms with van der Waals surface area (Å²) in [5.41, 5.74) is 0. The summed E-state index contributed by atoms with van der Waals surface area (Å²) in [5.74, 6) is -0.682. The van der Waals surface area contributed by atoms with Crippen LogP contribution in [-0.2, 0) is 9.59 Å². The number of hydrogen-bond acceptors (Lipinski definition) is 4. The van der Waals surface area contributed by atoms with Gasteiger partial charge in [0.25, 0.3) is 0 Å². The van der Waals surface area contributed by atoms with E-state index in [9.17, 15) is 9.59 Å². The highest BCUT2D eigenvalue weighted by atomic mass is 16.4. The van der Waals surface area contributed by atoms with Crippen molar-refractivity contribution in [2.24, 2.45) is 0 Å². The van der Waals surface area contributed by atoms with Crippen LogP contribution in [0.15, 0.2) is 0 Å². The van der Waals surface area contributed by atoms with Crippen molar-refractivity contribution in [3.05, 3.63) is 0 Å². The number of carboxylic acid groups (broad SMARTS) is 1. The molecule has 6 nitrogen and oxygen atoms in total. The van der Waals surface area contributed by atoms with Gasteiger partial charge in [-0.05, 0) is 25.8 Å². The monoisotopic (exact) mass is 272 g/mol. The Hall–Kier alpha value is -1.14. The number of carbonyl (C=O) groups is 2. The molecule has 1 amide bonds. The van der Waals surface area contributed by atoms with E-state index >= 15 is 0 Å². The van der Waals surface area contributed by atoms with Gasteiger partial charge in [-0.25, -0.2) is 0 Å². The van der Waals surface area contributed by atoms with Crippen molar-refractivity contribution in [2.75, 3.05) is 39.3 Å². The number of β-amino-alcohol motifs (C(OH)–C–C–N with tert-alkyl or cyclic N) is 1. The summed E-state index contributed by atoms with van der Waals surface area (Å²) in [6.07, 6.45) is 2.71. The van der Waals surface area contributed by atoms with Gasteiger partial charge in [-0.2, -0.15) is 0 Å². The lowest BCUT2D eigenvalue weighted by Gasteiger charge is -2.21. The van der Waals surface area contributed by atoms with Crippen molar-refractivity contribution in [3.63, 3.8) is 0 Å². The Kier molecular flexibility index (Phi) is 7.43. The van der Waals surface area contributed by atoms with Crippen molar-refractivity contribution in [3.8, 4) is 0 Å². The first-order valence-electron chi connectivity index (χ1n) is 6.96. The first-order chi connectivity index (χ1) is 9.13. The van der Waals surface area contributed by atoms with Crippen LogP contribution in [-0.4, -0.2) is 71.2 Å². The predicted octanol–water partition coefficient (Wildman–Crippen LogP) is 0.158. The smallest absolute Gasteiger partial charge is 0.303 e. The number of unbranched alkanes of at least 4 members (excludes halogenated alkanes) is 1. The lowest BCUT2D eigenvalue weighted by atomic mass is 10.2. The number of aliphatic carboxylic acids is 1. The number of nitrogens with zero attached hydrogens (tertiary/aromatic N) is 2. The van der Waals surface area contributed by atoms with Crippen LogP contribution >= 0.6 is 0 Å². The van der Waals surface area contributed by atoms with Crippen LogP contribution in [0.4, 0.5) is 0 Å². The minimum absolute atomic E-state index is 0.122. The third-order valence-corrected chi connectivity index (χ3v) is 3.39. The average molecular weight is 272 g/mol. The summed E-state index contributed by atoms with van der Waals surface area (Å²) in [6.45, 7) is 4.02. The molecule has 6 heteroatoms. The third kappa shape index (κ3) is 6.54. The van der Waals surface area contributed by atoms with Gasteiger partial charge in [-0.15, -0.1) is 0 Å². The van der Waals surface area contributed by atoms with E-state index in [1.54, 1.807) is 0 Å². The van der Waals surface area contributed by atoms with Crippen molar-refractivity contribution in [1.82, 2.24) is 9.80 Å². The van der Waals surface area contributed by atoms with Crippen LogP contribution in [0, 0.1) is 0 Å². The van der Waals surface area contributed by atoms with Crippen molar-refractivity contribution >= 4 is 11.9 Å². The summed E-state index contributed by atoms with van der Waals surface area (Å²) in [4.78, 5) is 26.4. The van der Waals surface area contributed by atoms with E-state index in [-0.39, 0.29) is 18.9 Å². The molecule has 0 aromatic heterocycles. The Bertz CT molecular complexity index is 296. The molecule has 0 bridgehead atoms. The molecule has 0 aromatic rings. The van der Waals surface area contributed by atoms with Crippen LogP contribution in [0.2, 0.25) is 0 Å². The van der Waals surface area contributed by atoms with Crippen molar-refractivity contribution in [1.29, 1.82) is 0 Å². The normalized spacial score (nSPS) is 17.2. The number of amides is 1. The maximum atomic E-state index is 12.0. The summed E-state index contributed by atoms with van der Waals surface area (Å²) >= 11 is 0. The number of carbonyl (C=O) groups excluding carboxylic acids is 1. The fourth-order valence-corrected chi connectivity index (χ4v) is 2.30. The second-order valence-corrected chi connectivity index (χ2v) is 4.90. The molecule has 0 spiro atoms. The number of hydrogen-bond donors (Lipinski definition) is 2. The largest absolute Gasteiger partial charge is 0.481 e. The van der Waals surface area contributed by atoms with Gasteiger partial charge in [0.2, 0.25) is 5.91 Å². The van der Waals surface area contributed by atoms with E-state index in [1.807, 2.05) is 4.90 Å². The highest BCUT2D eigenvalue weighted by molar-refractivity contribution is 5.76. The fraction of sp³-hybridized carbons (Fsp3) is 0.846. The minimum atomic E-state index is -0.804. The Labute approximate surface area is 114 Å². The molecule has 1 fully saturated rings. The van der Waals surface area contributed by atoms with Crippen LogP contribution in [0.25, 0.3) is 0 Å². The second kappa shape index (κ2) is 8.87. The lowest BCUT2D eigenvalue weighted by molar-refractivity contribution is -0.137. The zero-order valence-electron chi connectivity index (χ0n) is 11.4. The van der Waals surface area contributed by atoms with Crippen LogP contribution in [0.1, 0.15) is 32.1 Å². The quantitative estimate of drug-likeness (QED) is 0.645. The molecule has 1 saturated heterocycles. The number of aliphatic hydroxyl groups is 1. The van der Waals surface area contributed by atoms with Crippen molar-refractivity contribution < 1.29 is 19.8 Å². The van der Waals surface area contributed by atoms with Crippen LogP contribution in [0.5, 0.6) is 0 Å². The molecule has 0 saturated carbocycles. The molecule has 110 valence electrons. The summed E-state index contributed by atoms with van der Waals surface area (Å²) in [5, 5.41) is 17.4. The predicted molar refractivity (Wildman–Crippen MR) is 70.8 cm³/mol. The molecule has 1 rings (SSSR count). The van der Waals surface area contributed by atoms with E-state index in [2.05, 4.69) is 4.90 Å². The van der Waals surface area contributed by atoms with Gasteiger partial charge in [0.15, 0.2) is 0 Å². The van der Waals surface area contributed by atoms with Gasteiger partial charge in [-0.1, -0.05) is 0 Å². The molecule has 2 N–H and O–H groups in total. The van der Waals surface area contributed by atoms with Gasteiger partial charge in [-0.3, -0.25) is 14.5 Å². The molecule has 19 heavy (non-hydrogen) atoms. The molecule has 0 unspecified atom stereocenters. The number of aliphatic hydroxyl groups excluding tert-OH is 1. The third-order valence-electron chi connectivity index (χ3n) is 3.39. The van der Waals surface area contributed by atoms with E-state index in [0.29, 0.717) is 32.4 Å². The van der Waals surface area contributed by atoms with Gasteiger partial charge in [0.05, 0.1) is 6.61 Å². The molecule has 0 aliphatic carbocycles. The highest BCUT2D eigenvalue weighted by Gasteiger charge is 2.18. The Morgan fingerprint density at radius 1 is 1.00 bits per heavy atom. The zero-order chi connectivity index (χ0) is 14.1. The maximum absolute atomic E-state index is 12.0. The Morgan fingerprint density at radius 2 is 1.74 bits per heavy atom. The average Bonchev–Trinajstić information content (AvgIpc) is 2.60. The topological polar surface area (TPSA) is 81.1 Å². The van der Waals surface area contributed by atoms with Gasteiger partial charge >= 0.3 is 5.97 Å². The minimum Gasteiger partial charge on any atom is -0.481 e. The summed E-state index contributed by atoms with van der Waals surface area (Å²) in [6, 6.07) is 0. The number of carboxylic acids is 1. The molecular formula is C13H24N2O4. The van der Waals surface area contributed by atoms with Gasteiger partial charge in [0, 0.05) is 39.0 Å². The Balaban J connectivity index is 2.23. The summed E-state index contributed by atoms with van der Waals surface area (Å²) < 4.78 is 0. The van der Waals surface area contributed by atoms with Gasteiger partial charge < -0.3 is 15.1 Å². The Morgan fingerprint density at radius 3 is 2.42 bits per heavy atom. The molecule has 1 aliphatic rings. The fourth-order valence-electron chi connectivity index (χ4n) is 2.30. The SMILES string of the molecule is O=C(O)CCCCC(=O)N1CCCN(CCO)CC1. The van der Waals surface area contributed by atoms with E-state index in [0.717, 1.165) is 26.1 Å². The van der Waals surface area contributed by atoms with E-state index in [1.165, 1.54) is 0 Å². The molecule has 1 aliphatic heterocycles. The van der Waals surface area contributed by atoms with Gasteiger partial charge in [0.1, 0.15) is 0 Å². The van der Waals surface area contributed by atoms with E-state index in [4.69, 9.17) is 10.2 Å². The second-order valence-electron chi connectivity index (χ2n) is 4.90. The molecule has 0 radical (unpaired) electrons. The maximum Gasteiger partial charge on any atom is 0.303 e. The molecule has 0 aromatic carbocycles. The van der Waals surface area contributed by atoms with E-state index < -0.39 is 5.97 Å². The molecule has 1 heterocycles.